The van der Waals surface area contributed by atoms with E-state index >= 15 is 0 Å². The molecule has 0 spiro atoms. The van der Waals surface area contributed by atoms with Crippen LogP contribution in [0.1, 0.15) is 50.4 Å². The molecule has 0 aliphatic heterocycles. The molecule has 3 N–H and O–H groups in total. The first-order valence-corrected chi connectivity index (χ1v) is 8.39. The fourth-order valence-corrected chi connectivity index (χ4v) is 4.92. The van der Waals surface area contributed by atoms with Crippen LogP contribution in [0.2, 0.25) is 0 Å². The van der Waals surface area contributed by atoms with Crippen LogP contribution in [-0.4, -0.2) is 11.9 Å². The zero-order chi connectivity index (χ0) is 15.4. The number of carbonyl (C=O) groups is 1. The maximum Gasteiger partial charge on any atom is 0.251 e. The standard InChI is InChI=1S/C17H23BrN2O/c1-16(2)11-6-7-17(3,9-11)15(16)20-14(21)10-4-5-13(19)12(18)8-10/h4-5,8,11,15H,6-7,9,19H2,1-3H3,(H,20,21). The molecule has 1 aromatic carbocycles. The third-order valence-electron chi connectivity index (χ3n) is 5.81. The number of nitrogen functional groups attached to an aromatic ring is 1. The normalized spacial score (nSPS) is 33.1. The predicted molar refractivity (Wildman–Crippen MR) is 89.0 cm³/mol. The number of carbonyl (C=O) groups excluding carboxylic acids is 1. The highest BCUT2D eigenvalue weighted by molar-refractivity contribution is 9.10. The lowest BCUT2D eigenvalue weighted by Crippen LogP contribution is -2.52. The average Bonchev–Trinajstić information content (AvgIpc) is 2.89. The van der Waals surface area contributed by atoms with Gasteiger partial charge in [0.05, 0.1) is 0 Å². The average molecular weight is 351 g/mol. The highest BCUT2D eigenvalue weighted by atomic mass is 79.9. The van der Waals surface area contributed by atoms with Crippen molar-refractivity contribution in [2.45, 2.75) is 46.1 Å². The molecule has 2 aliphatic carbocycles. The molecule has 2 bridgehead atoms. The van der Waals surface area contributed by atoms with Crippen molar-refractivity contribution in [3.8, 4) is 0 Å². The van der Waals surface area contributed by atoms with E-state index in [0.717, 1.165) is 10.4 Å². The van der Waals surface area contributed by atoms with Crippen molar-refractivity contribution < 1.29 is 4.79 Å². The molecule has 2 fully saturated rings. The monoisotopic (exact) mass is 350 g/mol. The van der Waals surface area contributed by atoms with Crippen LogP contribution in [0.3, 0.4) is 0 Å². The van der Waals surface area contributed by atoms with Crippen molar-refractivity contribution in [3.05, 3.63) is 28.2 Å². The van der Waals surface area contributed by atoms with Gasteiger partial charge < -0.3 is 11.1 Å². The molecule has 4 heteroatoms. The van der Waals surface area contributed by atoms with Crippen molar-refractivity contribution in [3.63, 3.8) is 0 Å². The summed E-state index contributed by atoms with van der Waals surface area (Å²) in [6, 6.07) is 5.60. The Hall–Kier alpha value is -1.03. The number of rotatable bonds is 2. The summed E-state index contributed by atoms with van der Waals surface area (Å²) >= 11 is 3.39. The van der Waals surface area contributed by atoms with Crippen molar-refractivity contribution in [1.29, 1.82) is 0 Å². The summed E-state index contributed by atoms with van der Waals surface area (Å²) in [6.45, 7) is 6.92. The van der Waals surface area contributed by atoms with Gasteiger partial charge in [0, 0.05) is 21.8 Å². The Morgan fingerprint density at radius 1 is 1.38 bits per heavy atom. The van der Waals surface area contributed by atoms with Gasteiger partial charge in [-0.1, -0.05) is 20.8 Å². The van der Waals surface area contributed by atoms with Crippen molar-refractivity contribution in [2.75, 3.05) is 5.73 Å². The lowest BCUT2D eigenvalue weighted by Gasteiger charge is -2.43. The zero-order valence-corrected chi connectivity index (χ0v) is 14.5. The fourth-order valence-electron chi connectivity index (χ4n) is 4.55. The predicted octanol–water partition coefficient (Wildman–Crippen LogP) is 3.98. The Kier molecular flexibility index (Phi) is 3.36. The minimum absolute atomic E-state index is 0.00236. The van der Waals surface area contributed by atoms with Crippen LogP contribution in [0.15, 0.2) is 22.7 Å². The van der Waals surface area contributed by atoms with Crippen LogP contribution in [0.4, 0.5) is 5.69 Å². The zero-order valence-electron chi connectivity index (χ0n) is 12.9. The van der Waals surface area contributed by atoms with Crippen LogP contribution < -0.4 is 11.1 Å². The maximum absolute atomic E-state index is 12.6. The largest absolute Gasteiger partial charge is 0.398 e. The van der Waals surface area contributed by atoms with E-state index in [1.807, 2.05) is 0 Å². The highest BCUT2D eigenvalue weighted by Gasteiger charge is 2.59. The number of hydrogen-bond acceptors (Lipinski definition) is 2. The molecular weight excluding hydrogens is 328 g/mol. The van der Waals surface area contributed by atoms with E-state index in [1.165, 1.54) is 19.3 Å². The van der Waals surface area contributed by atoms with Crippen LogP contribution in [-0.2, 0) is 0 Å². The number of anilines is 1. The number of amides is 1. The van der Waals surface area contributed by atoms with E-state index in [2.05, 4.69) is 42.0 Å². The molecule has 1 aromatic rings. The summed E-state index contributed by atoms with van der Waals surface area (Å²) in [5.41, 5.74) is 7.52. The smallest absolute Gasteiger partial charge is 0.251 e. The summed E-state index contributed by atoms with van der Waals surface area (Å²) in [4.78, 5) is 12.6. The van der Waals surface area contributed by atoms with Crippen molar-refractivity contribution in [1.82, 2.24) is 5.32 Å². The van der Waals surface area contributed by atoms with Crippen LogP contribution in [0, 0.1) is 16.7 Å². The molecule has 0 saturated heterocycles. The van der Waals surface area contributed by atoms with E-state index in [4.69, 9.17) is 5.73 Å². The Morgan fingerprint density at radius 3 is 2.67 bits per heavy atom. The second kappa shape index (κ2) is 4.73. The van der Waals surface area contributed by atoms with Gasteiger partial charge in [-0.15, -0.1) is 0 Å². The molecule has 21 heavy (non-hydrogen) atoms. The third kappa shape index (κ3) is 2.28. The SMILES string of the molecule is CC12CCC(C1)C(C)(C)C2NC(=O)c1ccc(N)c(Br)c1. The highest BCUT2D eigenvalue weighted by Crippen LogP contribution is 2.62. The molecule has 114 valence electrons. The molecule has 3 unspecified atom stereocenters. The lowest BCUT2D eigenvalue weighted by atomic mass is 9.68. The Balaban J connectivity index is 1.83. The number of nitrogens with one attached hydrogen (secondary N) is 1. The molecule has 0 radical (unpaired) electrons. The van der Waals surface area contributed by atoms with Crippen LogP contribution >= 0.6 is 15.9 Å². The Bertz CT molecular complexity index is 594. The summed E-state index contributed by atoms with van der Waals surface area (Å²) < 4.78 is 0.772. The van der Waals surface area contributed by atoms with E-state index in [9.17, 15) is 4.79 Å². The number of benzene rings is 1. The Morgan fingerprint density at radius 2 is 2.10 bits per heavy atom. The summed E-state index contributed by atoms with van der Waals surface area (Å²) in [7, 11) is 0. The Labute approximate surface area is 134 Å². The van der Waals surface area contributed by atoms with Gasteiger partial charge in [-0.25, -0.2) is 0 Å². The molecule has 0 heterocycles. The van der Waals surface area contributed by atoms with Gasteiger partial charge in [0.2, 0.25) is 0 Å². The molecular formula is C17H23BrN2O. The second-order valence-corrected chi connectivity index (χ2v) is 8.41. The number of halogens is 1. The quantitative estimate of drug-likeness (QED) is 0.792. The number of fused-ring (bicyclic) bond motifs is 2. The molecule has 2 saturated carbocycles. The first-order chi connectivity index (χ1) is 9.74. The molecule has 0 aromatic heterocycles. The fraction of sp³-hybridized carbons (Fsp3) is 0.588. The number of nitrogens with two attached hydrogens (primary N) is 1. The van der Waals surface area contributed by atoms with Crippen molar-refractivity contribution in [2.24, 2.45) is 16.7 Å². The van der Waals surface area contributed by atoms with Gasteiger partial charge in [0.1, 0.15) is 0 Å². The van der Waals surface area contributed by atoms with Gasteiger partial charge in [-0.3, -0.25) is 4.79 Å². The minimum Gasteiger partial charge on any atom is -0.398 e. The van der Waals surface area contributed by atoms with Gasteiger partial charge in [-0.2, -0.15) is 0 Å². The molecule has 3 atom stereocenters. The van der Waals surface area contributed by atoms with Gasteiger partial charge in [0.25, 0.3) is 5.91 Å². The van der Waals surface area contributed by atoms with Gasteiger partial charge in [-0.05, 0) is 70.1 Å². The first kappa shape index (κ1) is 14.9. The van der Waals surface area contributed by atoms with E-state index in [0.29, 0.717) is 11.3 Å². The molecule has 2 aliphatic rings. The second-order valence-electron chi connectivity index (χ2n) is 7.56. The van der Waals surface area contributed by atoms with E-state index in [1.54, 1.807) is 18.2 Å². The molecule has 1 amide bonds. The van der Waals surface area contributed by atoms with E-state index < -0.39 is 0 Å². The van der Waals surface area contributed by atoms with Crippen LogP contribution in [0.5, 0.6) is 0 Å². The molecule has 3 nitrogen and oxygen atoms in total. The number of hydrogen-bond donors (Lipinski definition) is 2. The van der Waals surface area contributed by atoms with Crippen molar-refractivity contribution >= 4 is 27.5 Å². The van der Waals surface area contributed by atoms with E-state index in [-0.39, 0.29) is 22.8 Å². The van der Waals surface area contributed by atoms with Crippen LogP contribution in [0.25, 0.3) is 0 Å². The third-order valence-corrected chi connectivity index (χ3v) is 6.49. The minimum atomic E-state index is 0.00236. The summed E-state index contributed by atoms with van der Waals surface area (Å²) in [5, 5.41) is 3.30. The van der Waals surface area contributed by atoms with Gasteiger partial charge in [0.15, 0.2) is 0 Å². The summed E-state index contributed by atoms with van der Waals surface area (Å²) in [5.74, 6) is 0.730. The first-order valence-electron chi connectivity index (χ1n) is 7.60. The topological polar surface area (TPSA) is 55.1 Å². The maximum atomic E-state index is 12.6. The lowest BCUT2D eigenvalue weighted by molar-refractivity contribution is 0.0737. The summed E-state index contributed by atoms with van der Waals surface area (Å²) in [6.07, 6.45) is 3.75. The molecule has 3 rings (SSSR count). The van der Waals surface area contributed by atoms with Gasteiger partial charge >= 0.3 is 0 Å².